The van der Waals surface area contributed by atoms with E-state index in [-0.39, 0.29) is 0 Å². The highest BCUT2D eigenvalue weighted by Crippen LogP contribution is 2.46. The van der Waals surface area contributed by atoms with Gasteiger partial charge in [0.05, 0.1) is 22.4 Å². The topological polar surface area (TPSA) is 98.7 Å². The van der Waals surface area contributed by atoms with Crippen molar-refractivity contribution in [2.45, 2.75) is 0 Å². The highest BCUT2D eigenvalue weighted by Gasteiger charge is 2.22. The van der Waals surface area contributed by atoms with E-state index in [0.717, 1.165) is 106 Å². The van der Waals surface area contributed by atoms with Crippen LogP contribution >= 0.6 is 22.7 Å². The van der Waals surface area contributed by atoms with Gasteiger partial charge in [0.1, 0.15) is 17.0 Å². The average Bonchev–Trinajstić information content (AvgIpc) is 4.34. The summed E-state index contributed by atoms with van der Waals surface area (Å²) in [5.74, 6) is 2.56. The third-order valence-electron chi connectivity index (χ3n) is 14.0. The second-order valence-electron chi connectivity index (χ2n) is 18.8. The van der Waals surface area contributed by atoms with Gasteiger partial charge < -0.3 is 4.42 Å². The molecule has 0 aliphatic heterocycles. The van der Waals surface area contributed by atoms with Gasteiger partial charge in [0.15, 0.2) is 11.6 Å². The molecular formula is C66H40N8OS2. The van der Waals surface area contributed by atoms with Crippen molar-refractivity contribution in [1.29, 1.82) is 0 Å². The summed E-state index contributed by atoms with van der Waals surface area (Å²) in [6.45, 7) is 0. The van der Waals surface area contributed by atoms with Crippen LogP contribution in [0.3, 0.4) is 0 Å². The first kappa shape index (κ1) is 44.5. The molecule has 0 saturated carbocycles. The van der Waals surface area contributed by atoms with Crippen LogP contribution in [0.4, 0.5) is 17.2 Å². The zero-order valence-corrected chi connectivity index (χ0v) is 42.5. The first-order valence-electron chi connectivity index (χ1n) is 25.2. The van der Waals surface area contributed by atoms with Crippen LogP contribution in [0, 0.1) is 0 Å². The number of benzene rings is 7. The average molecular weight is 1030 g/mol. The molecule has 0 fully saturated rings. The highest BCUT2D eigenvalue weighted by atomic mass is 32.1. The molecule has 0 saturated heterocycles. The maximum Gasteiger partial charge on any atom is 0.238 e. The van der Waals surface area contributed by atoms with Crippen molar-refractivity contribution in [3.8, 4) is 72.1 Å². The maximum absolute atomic E-state index is 6.69. The SMILES string of the molecule is c1ccc(-c2nc(-c3ccccc3)nc(-n3c4ccccc4c4cc5c(cc43)oc3ccc(-c4cc6sc(-c7ccnc(N(c8cccc(-c9ccccn9)c8)c8cccc(-c9ccccn9)c8)c7)cc6s4)cc35)n2)cc1. The second kappa shape index (κ2) is 18.5. The van der Waals surface area contributed by atoms with E-state index >= 15 is 0 Å². The van der Waals surface area contributed by atoms with Crippen LogP contribution < -0.4 is 4.90 Å². The molecule has 0 aliphatic carbocycles. The van der Waals surface area contributed by atoms with E-state index in [2.05, 4.69) is 147 Å². The monoisotopic (exact) mass is 1020 g/mol. The zero-order valence-electron chi connectivity index (χ0n) is 40.9. The van der Waals surface area contributed by atoms with Gasteiger partial charge in [-0.3, -0.25) is 19.4 Å². The van der Waals surface area contributed by atoms with Gasteiger partial charge in [0.2, 0.25) is 5.95 Å². The van der Waals surface area contributed by atoms with Crippen molar-refractivity contribution in [2.24, 2.45) is 0 Å². The minimum atomic E-state index is 0.541. The number of hydrogen-bond donors (Lipinski definition) is 0. The first-order chi connectivity index (χ1) is 38.1. The lowest BCUT2D eigenvalue weighted by Gasteiger charge is -2.25. The second-order valence-corrected chi connectivity index (χ2v) is 20.9. The van der Waals surface area contributed by atoms with Crippen molar-refractivity contribution in [1.82, 2.24) is 34.5 Å². The fourth-order valence-electron chi connectivity index (χ4n) is 10.4. The van der Waals surface area contributed by atoms with Crippen LogP contribution in [0.25, 0.3) is 125 Å². The predicted octanol–water partition coefficient (Wildman–Crippen LogP) is 17.8. The molecule has 0 radical (unpaired) electrons. The number of thiophene rings is 2. The van der Waals surface area contributed by atoms with E-state index < -0.39 is 0 Å². The van der Waals surface area contributed by atoms with Crippen LogP contribution in [0.1, 0.15) is 0 Å². The molecule has 15 rings (SSSR count). The minimum absolute atomic E-state index is 0.541. The number of aromatic nitrogens is 7. The Labute approximate surface area is 449 Å². The molecule has 0 bridgehead atoms. The molecule has 15 aromatic rings. The third kappa shape index (κ3) is 8.00. The van der Waals surface area contributed by atoms with Gasteiger partial charge in [-0.15, -0.1) is 22.7 Å². The van der Waals surface area contributed by atoms with E-state index in [0.29, 0.717) is 17.6 Å². The summed E-state index contributed by atoms with van der Waals surface area (Å²) in [4.78, 5) is 34.2. The van der Waals surface area contributed by atoms with Crippen LogP contribution in [-0.2, 0) is 0 Å². The number of fused-ring (bicyclic) bond motifs is 7. The van der Waals surface area contributed by atoms with Gasteiger partial charge in [0.25, 0.3) is 0 Å². The van der Waals surface area contributed by atoms with Crippen LogP contribution in [-0.4, -0.2) is 34.5 Å². The van der Waals surface area contributed by atoms with Gasteiger partial charge in [-0.1, -0.05) is 115 Å². The quantitative estimate of drug-likeness (QED) is 0.134. The standard InChI is InChI=1S/C66H40N8OS2/c1-3-15-41(16-4-1)64-70-65(42-17-5-2-6-18-42)72-66(71-64)74-55-26-8-7-23-49(55)50-37-52-51-35-45(27-28-57(51)75-58(52)38-56(50)74)59-39-61-62(76-59)40-60(77-61)46-29-32-69-63(36-46)73(47-21-13-19-43(33-47)53-24-9-11-30-67-53)48-22-14-20-44(34-48)54-25-10-12-31-68-54/h1-40H. The highest BCUT2D eigenvalue weighted by molar-refractivity contribution is 7.31. The molecule has 11 heteroatoms. The van der Waals surface area contributed by atoms with Gasteiger partial charge in [-0.25, -0.2) is 9.97 Å². The number of hydrogen-bond acceptors (Lipinski definition) is 10. The first-order valence-corrected chi connectivity index (χ1v) is 26.9. The van der Waals surface area contributed by atoms with Crippen molar-refractivity contribution in [3.05, 3.63) is 243 Å². The van der Waals surface area contributed by atoms with Crippen LogP contribution in [0.5, 0.6) is 0 Å². The molecule has 0 unspecified atom stereocenters. The molecule has 0 aliphatic rings. The predicted molar refractivity (Wildman–Crippen MR) is 315 cm³/mol. The van der Waals surface area contributed by atoms with Gasteiger partial charge >= 0.3 is 0 Å². The molecule has 7 aromatic carbocycles. The fourth-order valence-corrected chi connectivity index (χ4v) is 12.8. The Kier molecular flexibility index (Phi) is 10.7. The minimum Gasteiger partial charge on any atom is -0.456 e. The molecule has 8 heterocycles. The molecule has 0 spiro atoms. The summed E-state index contributed by atoms with van der Waals surface area (Å²) in [6.07, 6.45) is 5.57. The molecule has 9 nitrogen and oxygen atoms in total. The zero-order chi connectivity index (χ0) is 50.8. The Balaban J connectivity index is 0.790. The number of pyridine rings is 3. The molecule has 0 atom stereocenters. The van der Waals surface area contributed by atoms with Crippen LogP contribution in [0.2, 0.25) is 0 Å². The van der Waals surface area contributed by atoms with Gasteiger partial charge in [-0.2, -0.15) is 9.97 Å². The summed E-state index contributed by atoms with van der Waals surface area (Å²) in [5, 5.41) is 4.31. The number of furan rings is 1. The van der Waals surface area contributed by atoms with E-state index in [1.165, 1.54) is 19.2 Å². The smallest absolute Gasteiger partial charge is 0.238 e. The van der Waals surface area contributed by atoms with Crippen molar-refractivity contribution >= 4 is 93.0 Å². The van der Waals surface area contributed by atoms with E-state index in [1.54, 1.807) is 11.3 Å². The summed E-state index contributed by atoms with van der Waals surface area (Å²) >= 11 is 3.61. The molecule has 0 amide bonds. The molecule has 0 N–H and O–H groups in total. The Morgan fingerprint density at radius 2 is 0.948 bits per heavy atom. The van der Waals surface area contributed by atoms with Gasteiger partial charge in [0, 0.05) is 99.0 Å². The molecule has 362 valence electrons. The Morgan fingerprint density at radius 3 is 1.58 bits per heavy atom. The number of nitrogens with zero attached hydrogens (tertiary/aromatic N) is 8. The largest absolute Gasteiger partial charge is 0.456 e. The van der Waals surface area contributed by atoms with Gasteiger partial charge in [-0.05, 0) is 114 Å². The lowest BCUT2D eigenvalue weighted by atomic mass is 10.1. The summed E-state index contributed by atoms with van der Waals surface area (Å²) < 4.78 is 11.3. The molecular weight excluding hydrogens is 985 g/mol. The third-order valence-corrected chi connectivity index (χ3v) is 16.4. The van der Waals surface area contributed by atoms with Crippen molar-refractivity contribution in [2.75, 3.05) is 4.90 Å². The summed E-state index contributed by atoms with van der Waals surface area (Å²) in [5.41, 5.74) is 13.5. The lowest BCUT2D eigenvalue weighted by molar-refractivity contribution is 0.669. The Morgan fingerprint density at radius 1 is 0.364 bits per heavy atom. The number of para-hydroxylation sites is 1. The lowest BCUT2D eigenvalue weighted by Crippen LogP contribution is -2.12. The van der Waals surface area contributed by atoms with Crippen LogP contribution in [0.15, 0.2) is 247 Å². The molecule has 77 heavy (non-hydrogen) atoms. The summed E-state index contributed by atoms with van der Waals surface area (Å²) in [6, 6.07) is 77.5. The summed E-state index contributed by atoms with van der Waals surface area (Å²) in [7, 11) is 0. The van der Waals surface area contributed by atoms with Crippen molar-refractivity contribution < 1.29 is 4.42 Å². The normalized spacial score (nSPS) is 11.6. The Bertz CT molecular complexity index is 4530. The Hall–Kier alpha value is -9.94. The number of rotatable bonds is 10. The van der Waals surface area contributed by atoms with E-state index in [1.807, 2.05) is 127 Å². The van der Waals surface area contributed by atoms with E-state index in [4.69, 9.17) is 24.4 Å². The fraction of sp³-hybridized carbons (Fsp3) is 0. The maximum atomic E-state index is 6.69. The molecule has 8 aromatic heterocycles. The number of anilines is 3. The van der Waals surface area contributed by atoms with Crippen molar-refractivity contribution in [3.63, 3.8) is 0 Å². The van der Waals surface area contributed by atoms with E-state index in [9.17, 15) is 0 Å².